The molecule has 0 aliphatic rings. The minimum atomic E-state index is -0.991. The molecule has 0 atom stereocenters. The fourth-order valence-corrected chi connectivity index (χ4v) is 1.97. The van der Waals surface area contributed by atoms with Crippen LogP contribution < -0.4 is 0 Å². The van der Waals surface area contributed by atoms with Crippen molar-refractivity contribution in [1.82, 2.24) is 4.98 Å². The molecule has 2 heterocycles. The summed E-state index contributed by atoms with van der Waals surface area (Å²) in [6.45, 7) is 0. The smallest absolute Gasteiger partial charge is 0.335 e. The number of carbonyl (C=O) groups excluding carboxylic acids is 1. The Bertz CT molecular complexity index is 548. The van der Waals surface area contributed by atoms with E-state index in [9.17, 15) is 9.59 Å². The van der Waals surface area contributed by atoms with E-state index in [-0.39, 0.29) is 5.56 Å². The maximum atomic E-state index is 10.8. The van der Waals surface area contributed by atoms with Crippen LogP contribution in [0.5, 0.6) is 0 Å². The lowest BCUT2D eigenvalue weighted by Gasteiger charge is -1.98. The molecule has 0 aromatic carbocycles. The monoisotopic (exact) mass is 233 g/mol. The average Bonchev–Trinajstić information content (AvgIpc) is 2.77. The first kappa shape index (κ1) is 10.5. The first-order valence-electron chi connectivity index (χ1n) is 4.44. The molecule has 2 rings (SSSR count). The van der Waals surface area contributed by atoms with Gasteiger partial charge in [-0.1, -0.05) is 0 Å². The van der Waals surface area contributed by atoms with Gasteiger partial charge in [0.05, 0.1) is 16.1 Å². The number of hydrogen-bond acceptors (Lipinski definition) is 4. The SMILES string of the molecule is O=Cc1cc(-c2cc(C(=O)O)ccn2)cs1. The Morgan fingerprint density at radius 3 is 2.88 bits per heavy atom. The first-order chi connectivity index (χ1) is 7.70. The summed E-state index contributed by atoms with van der Waals surface area (Å²) in [7, 11) is 0. The second-order valence-electron chi connectivity index (χ2n) is 3.09. The lowest BCUT2D eigenvalue weighted by atomic mass is 10.1. The zero-order valence-corrected chi connectivity index (χ0v) is 8.90. The van der Waals surface area contributed by atoms with Crippen LogP contribution in [0.25, 0.3) is 11.3 Å². The van der Waals surface area contributed by atoms with Crippen molar-refractivity contribution >= 4 is 23.6 Å². The van der Waals surface area contributed by atoms with E-state index >= 15 is 0 Å². The Labute approximate surface area is 95.2 Å². The zero-order chi connectivity index (χ0) is 11.5. The van der Waals surface area contributed by atoms with Gasteiger partial charge in [0, 0.05) is 17.1 Å². The van der Waals surface area contributed by atoms with Crippen molar-refractivity contribution in [2.45, 2.75) is 0 Å². The van der Waals surface area contributed by atoms with Crippen LogP contribution in [0, 0.1) is 0 Å². The van der Waals surface area contributed by atoms with Gasteiger partial charge in [0.2, 0.25) is 0 Å². The molecule has 0 unspecified atom stereocenters. The standard InChI is InChI=1S/C11H7NO3S/c13-5-9-3-8(6-16-9)10-4-7(11(14)15)1-2-12-10/h1-6H,(H,14,15). The predicted octanol–water partition coefficient (Wildman–Crippen LogP) is 2.32. The van der Waals surface area contributed by atoms with Gasteiger partial charge < -0.3 is 5.11 Å². The first-order valence-corrected chi connectivity index (χ1v) is 5.32. The van der Waals surface area contributed by atoms with Gasteiger partial charge in [0.25, 0.3) is 0 Å². The largest absolute Gasteiger partial charge is 0.478 e. The third-order valence-electron chi connectivity index (χ3n) is 2.04. The van der Waals surface area contributed by atoms with Crippen LogP contribution in [0.4, 0.5) is 0 Å². The highest BCUT2D eigenvalue weighted by molar-refractivity contribution is 7.12. The topological polar surface area (TPSA) is 67.3 Å². The summed E-state index contributed by atoms with van der Waals surface area (Å²) in [5, 5.41) is 10.6. The van der Waals surface area contributed by atoms with E-state index in [4.69, 9.17) is 5.11 Å². The van der Waals surface area contributed by atoms with Crippen molar-refractivity contribution in [1.29, 1.82) is 0 Å². The number of carboxylic acid groups (broad SMARTS) is 1. The van der Waals surface area contributed by atoms with E-state index in [0.717, 1.165) is 11.8 Å². The van der Waals surface area contributed by atoms with Gasteiger partial charge >= 0.3 is 5.97 Å². The normalized spacial score (nSPS) is 10.0. The summed E-state index contributed by atoms with van der Waals surface area (Å²) >= 11 is 1.30. The molecule has 2 aromatic heterocycles. The Morgan fingerprint density at radius 1 is 1.44 bits per heavy atom. The fraction of sp³-hybridized carbons (Fsp3) is 0. The van der Waals surface area contributed by atoms with Gasteiger partial charge in [-0.3, -0.25) is 9.78 Å². The summed E-state index contributed by atoms with van der Waals surface area (Å²) in [5.74, 6) is -0.991. The highest BCUT2D eigenvalue weighted by Crippen LogP contribution is 2.23. The molecule has 0 saturated heterocycles. The predicted molar refractivity (Wildman–Crippen MR) is 59.9 cm³/mol. The molecule has 0 aliphatic carbocycles. The number of rotatable bonds is 3. The summed E-state index contributed by atoms with van der Waals surface area (Å²) in [6, 6.07) is 4.60. The number of aldehydes is 1. The maximum Gasteiger partial charge on any atom is 0.335 e. The summed E-state index contributed by atoms with van der Waals surface area (Å²) < 4.78 is 0. The third kappa shape index (κ3) is 1.99. The van der Waals surface area contributed by atoms with Crippen LogP contribution in [0.15, 0.2) is 29.8 Å². The van der Waals surface area contributed by atoms with Gasteiger partial charge in [-0.05, 0) is 18.2 Å². The summed E-state index contributed by atoms with van der Waals surface area (Å²) in [5.41, 5.74) is 1.50. The van der Waals surface area contributed by atoms with Gasteiger partial charge in [-0.2, -0.15) is 0 Å². The summed E-state index contributed by atoms with van der Waals surface area (Å²) in [6.07, 6.45) is 2.20. The molecule has 5 heteroatoms. The highest BCUT2D eigenvalue weighted by Gasteiger charge is 2.07. The van der Waals surface area contributed by atoms with Gasteiger partial charge in [-0.15, -0.1) is 11.3 Å². The number of thiophene rings is 1. The second kappa shape index (κ2) is 4.24. The van der Waals surface area contributed by atoms with E-state index in [0.29, 0.717) is 10.6 Å². The maximum absolute atomic E-state index is 10.8. The fourth-order valence-electron chi connectivity index (χ4n) is 1.27. The van der Waals surface area contributed by atoms with Crippen molar-refractivity contribution in [3.63, 3.8) is 0 Å². The highest BCUT2D eigenvalue weighted by atomic mass is 32.1. The number of carbonyl (C=O) groups is 2. The number of aromatic carboxylic acids is 1. The Hall–Kier alpha value is -2.01. The molecule has 2 aromatic rings. The lowest BCUT2D eigenvalue weighted by Crippen LogP contribution is -1.96. The van der Waals surface area contributed by atoms with E-state index in [1.807, 2.05) is 0 Å². The van der Waals surface area contributed by atoms with Crippen LogP contribution >= 0.6 is 11.3 Å². The van der Waals surface area contributed by atoms with Crippen molar-refractivity contribution in [3.05, 3.63) is 40.2 Å². The number of hydrogen-bond donors (Lipinski definition) is 1. The minimum absolute atomic E-state index is 0.184. The van der Waals surface area contributed by atoms with Crippen molar-refractivity contribution in [2.75, 3.05) is 0 Å². The third-order valence-corrected chi connectivity index (χ3v) is 2.90. The average molecular weight is 233 g/mol. The number of nitrogens with zero attached hydrogens (tertiary/aromatic N) is 1. The Balaban J connectivity index is 2.43. The molecule has 0 radical (unpaired) electrons. The molecule has 4 nitrogen and oxygen atoms in total. The van der Waals surface area contributed by atoms with Crippen LogP contribution in [-0.2, 0) is 0 Å². The quantitative estimate of drug-likeness (QED) is 0.826. The van der Waals surface area contributed by atoms with Crippen LogP contribution in [0.3, 0.4) is 0 Å². The Kier molecular flexibility index (Phi) is 2.78. The van der Waals surface area contributed by atoms with E-state index in [1.165, 1.54) is 29.7 Å². The van der Waals surface area contributed by atoms with Crippen molar-refractivity contribution < 1.29 is 14.7 Å². The zero-order valence-electron chi connectivity index (χ0n) is 8.08. The number of pyridine rings is 1. The minimum Gasteiger partial charge on any atom is -0.478 e. The molecule has 0 aliphatic heterocycles. The van der Waals surface area contributed by atoms with E-state index in [2.05, 4.69) is 4.98 Å². The molecular formula is C11H7NO3S. The molecule has 0 amide bonds. The van der Waals surface area contributed by atoms with Crippen molar-refractivity contribution in [2.24, 2.45) is 0 Å². The van der Waals surface area contributed by atoms with E-state index < -0.39 is 5.97 Å². The van der Waals surface area contributed by atoms with Gasteiger partial charge in [-0.25, -0.2) is 4.79 Å². The van der Waals surface area contributed by atoms with Gasteiger partial charge in [0.15, 0.2) is 6.29 Å². The molecule has 0 spiro atoms. The van der Waals surface area contributed by atoms with Crippen molar-refractivity contribution in [3.8, 4) is 11.3 Å². The summed E-state index contributed by atoms with van der Waals surface area (Å²) in [4.78, 5) is 25.9. The number of aromatic nitrogens is 1. The molecular weight excluding hydrogens is 226 g/mol. The molecule has 16 heavy (non-hydrogen) atoms. The molecule has 80 valence electrons. The molecule has 0 fully saturated rings. The lowest BCUT2D eigenvalue weighted by molar-refractivity contribution is 0.0696. The molecule has 1 N–H and O–H groups in total. The molecule has 0 saturated carbocycles. The second-order valence-corrected chi connectivity index (χ2v) is 4.03. The van der Waals surface area contributed by atoms with Crippen LogP contribution in [-0.4, -0.2) is 22.3 Å². The van der Waals surface area contributed by atoms with Crippen LogP contribution in [0.1, 0.15) is 20.0 Å². The number of carboxylic acids is 1. The molecule has 0 bridgehead atoms. The van der Waals surface area contributed by atoms with Gasteiger partial charge in [0.1, 0.15) is 0 Å². The van der Waals surface area contributed by atoms with E-state index in [1.54, 1.807) is 11.4 Å². The Morgan fingerprint density at radius 2 is 2.25 bits per heavy atom. The van der Waals surface area contributed by atoms with Crippen LogP contribution in [0.2, 0.25) is 0 Å².